The smallest absolute Gasteiger partial charge is 0.276 e. The number of methoxy groups -OCH3 is 3. The Morgan fingerprint density at radius 1 is 1.12 bits per heavy atom. The Hall–Kier alpha value is -2.42. The molecule has 0 radical (unpaired) electrons. The van der Waals surface area contributed by atoms with Gasteiger partial charge in [-0.3, -0.25) is 4.79 Å². The van der Waals surface area contributed by atoms with Gasteiger partial charge in [0, 0.05) is 31.8 Å². The number of rotatable bonds is 8. The Kier molecular flexibility index (Phi) is 6.51. The second kappa shape index (κ2) is 8.61. The van der Waals surface area contributed by atoms with Crippen LogP contribution in [0.4, 0.5) is 0 Å². The predicted octanol–water partition coefficient (Wildman–Crippen LogP) is 2.33. The average molecular weight is 367 g/mol. The van der Waals surface area contributed by atoms with Gasteiger partial charge in [-0.1, -0.05) is 11.8 Å². The normalized spacial score (nSPS) is 10.4. The van der Waals surface area contributed by atoms with E-state index in [0.29, 0.717) is 46.1 Å². The second-order valence-corrected chi connectivity index (χ2v) is 6.22. The lowest BCUT2D eigenvalue weighted by atomic mass is 10.2. The van der Waals surface area contributed by atoms with E-state index in [4.69, 9.17) is 18.6 Å². The Morgan fingerprint density at radius 3 is 2.28 bits per heavy atom. The molecule has 1 heterocycles. The summed E-state index contributed by atoms with van der Waals surface area (Å²) in [6.07, 6.45) is 0.402. The Balaban J connectivity index is 2.15. The fraction of sp³-hybridized carbons (Fsp3) is 0.438. The number of ether oxygens (including phenoxy) is 3. The third-order valence-electron chi connectivity index (χ3n) is 3.36. The number of hydrogen-bond acceptors (Lipinski definition) is 8. The average Bonchev–Trinajstić information content (AvgIpc) is 3.08. The summed E-state index contributed by atoms with van der Waals surface area (Å²) in [6, 6.07) is 3.47. The fourth-order valence-corrected chi connectivity index (χ4v) is 2.73. The lowest BCUT2D eigenvalue weighted by molar-refractivity contribution is -0.128. The molecule has 1 amide bonds. The van der Waals surface area contributed by atoms with Crippen LogP contribution in [0, 0.1) is 0 Å². The SMILES string of the molecule is COc1cc(-c2nnc(SCCC(=O)N(C)C)o2)cc(OC)c1OC. The van der Waals surface area contributed by atoms with Gasteiger partial charge in [-0.05, 0) is 12.1 Å². The van der Waals surface area contributed by atoms with Crippen LogP contribution >= 0.6 is 11.8 Å². The van der Waals surface area contributed by atoms with Crippen LogP contribution in [-0.2, 0) is 4.79 Å². The van der Waals surface area contributed by atoms with Gasteiger partial charge in [0.05, 0.1) is 21.3 Å². The van der Waals surface area contributed by atoms with E-state index >= 15 is 0 Å². The first-order valence-electron chi connectivity index (χ1n) is 7.47. The summed E-state index contributed by atoms with van der Waals surface area (Å²) in [6.45, 7) is 0. The fourth-order valence-electron chi connectivity index (χ4n) is 2.04. The molecule has 25 heavy (non-hydrogen) atoms. The van der Waals surface area contributed by atoms with Crippen LogP contribution in [0.2, 0.25) is 0 Å². The van der Waals surface area contributed by atoms with E-state index in [-0.39, 0.29) is 5.91 Å². The summed E-state index contributed by atoms with van der Waals surface area (Å²) in [4.78, 5) is 13.1. The van der Waals surface area contributed by atoms with E-state index in [1.807, 2.05) is 0 Å². The van der Waals surface area contributed by atoms with E-state index in [1.165, 1.54) is 33.1 Å². The Labute approximate surface area is 150 Å². The highest BCUT2D eigenvalue weighted by Gasteiger charge is 2.17. The molecule has 2 rings (SSSR count). The molecule has 1 aromatic carbocycles. The van der Waals surface area contributed by atoms with E-state index in [2.05, 4.69) is 10.2 Å². The van der Waals surface area contributed by atoms with Crippen LogP contribution in [0.5, 0.6) is 17.2 Å². The number of aromatic nitrogens is 2. The Morgan fingerprint density at radius 2 is 1.76 bits per heavy atom. The number of hydrogen-bond donors (Lipinski definition) is 0. The maximum atomic E-state index is 11.6. The van der Waals surface area contributed by atoms with Gasteiger partial charge in [0.1, 0.15) is 0 Å². The monoisotopic (exact) mass is 367 g/mol. The zero-order chi connectivity index (χ0) is 18.4. The first-order valence-corrected chi connectivity index (χ1v) is 8.45. The van der Waals surface area contributed by atoms with Crippen molar-refractivity contribution in [3.05, 3.63) is 12.1 Å². The van der Waals surface area contributed by atoms with Crippen LogP contribution in [0.3, 0.4) is 0 Å². The van der Waals surface area contributed by atoms with Gasteiger partial charge in [-0.2, -0.15) is 0 Å². The molecule has 8 nitrogen and oxygen atoms in total. The number of thioether (sulfide) groups is 1. The van der Waals surface area contributed by atoms with Gasteiger partial charge in [0.25, 0.3) is 5.22 Å². The van der Waals surface area contributed by atoms with Crippen molar-refractivity contribution in [1.82, 2.24) is 15.1 Å². The highest BCUT2D eigenvalue weighted by molar-refractivity contribution is 7.99. The summed E-state index contributed by atoms with van der Waals surface area (Å²) >= 11 is 1.33. The molecule has 9 heteroatoms. The van der Waals surface area contributed by atoms with E-state index in [1.54, 1.807) is 31.1 Å². The zero-order valence-corrected chi connectivity index (χ0v) is 15.7. The van der Waals surface area contributed by atoms with Crippen LogP contribution in [0.1, 0.15) is 6.42 Å². The lowest BCUT2D eigenvalue weighted by Crippen LogP contribution is -2.21. The van der Waals surface area contributed by atoms with E-state index in [9.17, 15) is 4.79 Å². The molecule has 1 aromatic heterocycles. The number of carbonyl (C=O) groups is 1. The molecule has 2 aromatic rings. The zero-order valence-electron chi connectivity index (χ0n) is 14.9. The first kappa shape index (κ1) is 18.9. The maximum Gasteiger partial charge on any atom is 0.276 e. The van der Waals surface area contributed by atoms with Crippen molar-refractivity contribution < 1.29 is 23.4 Å². The van der Waals surface area contributed by atoms with Gasteiger partial charge < -0.3 is 23.5 Å². The van der Waals surface area contributed by atoms with Crippen LogP contribution < -0.4 is 14.2 Å². The topological polar surface area (TPSA) is 86.9 Å². The van der Waals surface area contributed by atoms with Crippen molar-refractivity contribution in [1.29, 1.82) is 0 Å². The molecule has 0 bridgehead atoms. The summed E-state index contributed by atoms with van der Waals surface area (Å²) in [7, 11) is 8.07. The highest BCUT2D eigenvalue weighted by Crippen LogP contribution is 2.41. The van der Waals surface area contributed by atoms with Crippen molar-refractivity contribution in [2.24, 2.45) is 0 Å². The number of benzene rings is 1. The van der Waals surface area contributed by atoms with Crippen LogP contribution in [-0.4, -0.2) is 62.2 Å². The lowest BCUT2D eigenvalue weighted by Gasteiger charge is -2.12. The van der Waals surface area contributed by atoms with Gasteiger partial charge in [0.2, 0.25) is 17.5 Å². The first-order chi connectivity index (χ1) is 12.0. The van der Waals surface area contributed by atoms with Crippen molar-refractivity contribution >= 4 is 17.7 Å². The van der Waals surface area contributed by atoms with Gasteiger partial charge >= 0.3 is 0 Å². The summed E-state index contributed by atoms with van der Waals surface area (Å²) in [5.74, 6) is 2.44. The molecule has 0 saturated carbocycles. The number of carbonyl (C=O) groups excluding carboxylic acids is 1. The maximum absolute atomic E-state index is 11.6. The van der Waals surface area contributed by atoms with Gasteiger partial charge in [-0.15, -0.1) is 10.2 Å². The number of nitrogens with zero attached hydrogens (tertiary/aromatic N) is 3. The van der Waals surface area contributed by atoms with Crippen molar-refractivity contribution in [3.63, 3.8) is 0 Å². The summed E-state index contributed by atoms with van der Waals surface area (Å²) < 4.78 is 21.6. The third kappa shape index (κ3) is 4.56. The molecule has 0 aliphatic rings. The molecular weight excluding hydrogens is 346 g/mol. The van der Waals surface area contributed by atoms with Crippen molar-refractivity contribution in [2.75, 3.05) is 41.2 Å². The molecule has 136 valence electrons. The quantitative estimate of drug-likeness (QED) is 0.657. The predicted molar refractivity (Wildman–Crippen MR) is 93.4 cm³/mol. The molecule has 0 aliphatic carbocycles. The highest BCUT2D eigenvalue weighted by atomic mass is 32.2. The van der Waals surface area contributed by atoms with Gasteiger partial charge in [0.15, 0.2) is 11.5 Å². The molecule has 0 aliphatic heterocycles. The molecule has 0 fully saturated rings. The largest absolute Gasteiger partial charge is 0.493 e. The van der Waals surface area contributed by atoms with Crippen LogP contribution in [0.15, 0.2) is 21.8 Å². The summed E-state index contributed by atoms with van der Waals surface area (Å²) in [5, 5.41) is 8.44. The van der Waals surface area contributed by atoms with Crippen molar-refractivity contribution in [2.45, 2.75) is 11.6 Å². The molecule has 0 saturated heterocycles. The minimum atomic E-state index is 0.0527. The molecule has 0 unspecified atom stereocenters. The van der Waals surface area contributed by atoms with E-state index < -0.39 is 0 Å². The second-order valence-electron chi connectivity index (χ2n) is 5.17. The van der Waals surface area contributed by atoms with E-state index in [0.717, 1.165) is 0 Å². The molecular formula is C16H21N3O5S. The minimum absolute atomic E-state index is 0.0527. The standard InChI is InChI=1S/C16H21N3O5S/c1-19(2)13(20)6-7-25-16-18-17-15(24-16)10-8-11(21-3)14(23-5)12(9-10)22-4/h8-9H,6-7H2,1-5H3. The summed E-state index contributed by atoms with van der Waals surface area (Å²) in [5.41, 5.74) is 0.651. The molecule has 0 N–H and O–H groups in total. The van der Waals surface area contributed by atoms with Crippen LogP contribution in [0.25, 0.3) is 11.5 Å². The van der Waals surface area contributed by atoms with Crippen molar-refractivity contribution in [3.8, 4) is 28.7 Å². The third-order valence-corrected chi connectivity index (χ3v) is 4.18. The minimum Gasteiger partial charge on any atom is -0.493 e. The van der Waals surface area contributed by atoms with Gasteiger partial charge in [-0.25, -0.2) is 0 Å². The molecule has 0 atom stereocenters. The molecule has 0 spiro atoms. The number of amides is 1. The Bertz CT molecular complexity index is 707.